The smallest absolute Gasteiger partial charge is 0.395 e. The Bertz CT molecular complexity index is 2380. The molecule has 4 heterocycles. The lowest BCUT2D eigenvalue weighted by molar-refractivity contribution is -0.265. The number of carbonyl (C=O) groups is 8. The summed E-state index contributed by atoms with van der Waals surface area (Å²) in [6.07, 6.45) is 13.1. The van der Waals surface area contributed by atoms with Gasteiger partial charge in [-0.1, -0.05) is 91.7 Å². The number of amides is 4. The van der Waals surface area contributed by atoms with Gasteiger partial charge in [-0.25, -0.2) is 15.0 Å². The van der Waals surface area contributed by atoms with Crippen molar-refractivity contribution >= 4 is 62.1 Å². The van der Waals surface area contributed by atoms with E-state index < -0.39 is 95.0 Å². The number of esters is 1. The number of fused-ring (bicyclic) bond motifs is 3. The zero-order chi connectivity index (χ0) is 64.6. The summed E-state index contributed by atoms with van der Waals surface area (Å²) >= 11 is 0. The predicted molar refractivity (Wildman–Crippen MR) is 309 cm³/mol. The number of aliphatic hydroxyl groups is 2. The van der Waals surface area contributed by atoms with Crippen LogP contribution in [0.3, 0.4) is 0 Å². The molecule has 84 heavy (non-hydrogen) atoms. The molecule has 15 atom stereocenters. The van der Waals surface area contributed by atoms with Crippen LogP contribution in [0.1, 0.15) is 152 Å². The highest BCUT2D eigenvalue weighted by atomic mass is 19.2. The number of carbonyl (C=O) groups excluding carboxylic acids is 8. The Morgan fingerprint density at radius 3 is 2.19 bits per heavy atom. The lowest BCUT2D eigenvalue weighted by Crippen LogP contribution is -2.61. The lowest BCUT2D eigenvalue weighted by atomic mass is 9.75. The van der Waals surface area contributed by atoms with Crippen LogP contribution in [0.5, 0.6) is 0 Å². The molecule has 3 saturated heterocycles. The second-order valence-electron chi connectivity index (χ2n) is 23.2. The first-order valence-electron chi connectivity index (χ1n) is 30.4. The third-order valence-electron chi connectivity index (χ3n) is 16.6. The predicted octanol–water partition coefficient (Wildman–Crippen LogP) is 6.83. The third kappa shape index (κ3) is 22.7. The molecule has 5 aliphatic rings. The number of halogens is 2. The Morgan fingerprint density at radius 2 is 1.58 bits per heavy atom. The fourth-order valence-corrected chi connectivity index (χ4v) is 11.5. The molecule has 0 aromatic heterocycles. The maximum atomic E-state index is 14.5. The van der Waals surface area contributed by atoms with E-state index in [9.17, 15) is 57.5 Å². The largest absolute Gasteiger partial charge is 0.460 e. The fourth-order valence-electron chi connectivity index (χ4n) is 11.5. The van der Waals surface area contributed by atoms with E-state index in [0.29, 0.717) is 64.5 Å². The average Bonchev–Trinajstić information content (AvgIpc) is 1.14. The summed E-state index contributed by atoms with van der Waals surface area (Å²) in [6.45, 7) is 18.1. The Balaban J connectivity index is 0.00000132. The van der Waals surface area contributed by atoms with Crippen molar-refractivity contribution in [3.05, 3.63) is 47.6 Å². The number of hydrogen-bond donors (Lipinski definition) is 6. The van der Waals surface area contributed by atoms with E-state index >= 15 is 0 Å². The van der Waals surface area contributed by atoms with Crippen molar-refractivity contribution in [1.29, 1.82) is 0 Å². The molecule has 470 valence electrons. The zero-order valence-electron chi connectivity index (χ0n) is 52.9. The zero-order valence-corrected chi connectivity index (χ0v) is 50.9. The second kappa shape index (κ2) is 36.9. The lowest BCUT2D eigenvalue weighted by Gasteiger charge is -2.42. The van der Waals surface area contributed by atoms with Crippen LogP contribution in [-0.4, -0.2) is 157 Å². The number of aliphatic hydroxyl groups excluding tert-OH is 1. The molecule has 0 spiro atoms. The minimum absolute atomic E-state index is 0.0540. The van der Waals surface area contributed by atoms with Gasteiger partial charge in [-0.3, -0.25) is 34.0 Å². The fraction of sp³-hybridized carbons (Fsp3) is 0.729. The summed E-state index contributed by atoms with van der Waals surface area (Å²) < 4.78 is 65.4. The highest BCUT2D eigenvalue weighted by Crippen LogP contribution is 2.39. The molecule has 4 aliphatic heterocycles. The summed E-state index contributed by atoms with van der Waals surface area (Å²) in [5.41, 5.74) is 0.541. The van der Waals surface area contributed by atoms with E-state index in [4.69, 9.17) is 31.7 Å². The van der Waals surface area contributed by atoms with Crippen molar-refractivity contribution in [2.75, 3.05) is 26.9 Å². The van der Waals surface area contributed by atoms with Crippen LogP contribution in [0.2, 0.25) is 9.65 Å². The van der Waals surface area contributed by atoms with Gasteiger partial charge in [0.15, 0.2) is 0 Å². The molecule has 4 amide bonds. The highest BCUT2D eigenvalue weighted by Gasteiger charge is 2.53. The molecule has 4 fully saturated rings. The van der Waals surface area contributed by atoms with Gasteiger partial charge in [-0.15, -0.1) is 4.48 Å². The molecular weight excluding hydrogens is 1090 g/mol. The average molecular weight is 1190 g/mol. The maximum absolute atomic E-state index is 14.5. The van der Waals surface area contributed by atoms with Gasteiger partial charge in [0.2, 0.25) is 13.2 Å². The van der Waals surface area contributed by atoms with Crippen LogP contribution in [0, 0.1) is 47.3 Å². The highest BCUT2D eigenvalue weighted by molar-refractivity contribution is 6.39. The summed E-state index contributed by atoms with van der Waals surface area (Å²) in [5, 5.41) is 34.0. The standard InChI is InChI=1S/C54H84BFN3O13.C4H5NO3.CH4BFN/c1-32-16-12-11-13-17-33(2)46(68-10)30-42-21-19-39(8)54(67,72-42)50(63)51(64)59-23-15-14-18-43(59)52(65)71-47(31-44(60)34(3)27-38(7)49(62)40(9)48(61)37(6)26-32)36(5)29-41-20-22-45(35(4)28-41)69-24-25-70-53(66)57-55-58-56;6-3-1-2-4(7)5(3)8;1-2-4-3/h11-13,16-17,27,32,34-37,39-43,45-47,49,58,62,67H,14-15,18-26,28-31H2,1-10H3,(H,57,66);8H,1-2H2;4H,1H3/b13-11+,16-12+,33-17+,38-27+;;/t32-,34-,35-,36-,37-,39-,40?,41-,42+,43+,45?,46+,47+,49-,54-;;/m1../s1/i58D;;4D. The number of ether oxygens (including phenoxy) is 5. The van der Waals surface area contributed by atoms with Gasteiger partial charge in [0.05, 0.1) is 31.0 Å². The van der Waals surface area contributed by atoms with Crippen molar-refractivity contribution < 1.29 is 89.2 Å². The summed E-state index contributed by atoms with van der Waals surface area (Å²) in [6, 6.07) is -1.16. The number of nitrogens with one attached hydrogen (secondary N) is 3. The molecule has 2 unspecified atom stereocenters. The molecule has 6 N–H and O–H groups in total. The second-order valence-corrected chi connectivity index (χ2v) is 23.2. The summed E-state index contributed by atoms with van der Waals surface area (Å²) in [5.74, 6) is -9.28. The van der Waals surface area contributed by atoms with Crippen molar-refractivity contribution in [2.24, 2.45) is 47.3 Å². The number of Topliss-reactive ketones (excluding diaryl/α,β-unsaturated/α-hetero) is 3. The molecular formula is C59H93B2F2N5O16. The number of rotatable bonds is 11. The molecule has 2 radical (unpaired) electrons. The summed E-state index contributed by atoms with van der Waals surface area (Å²) in [7, 11) is 3.07. The van der Waals surface area contributed by atoms with Gasteiger partial charge in [0.25, 0.3) is 23.5 Å². The van der Waals surface area contributed by atoms with E-state index in [0.717, 1.165) is 25.8 Å². The van der Waals surface area contributed by atoms with Gasteiger partial charge in [-0.05, 0) is 113 Å². The molecule has 21 nitrogen and oxygen atoms in total. The number of piperidine rings is 1. The first-order valence-corrected chi connectivity index (χ1v) is 29.5. The Labute approximate surface area is 499 Å². The molecule has 2 bridgehead atoms. The van der Waals surface area contributed by atoms with Crippen LogP contribution < -0.4 is 16.1 Å². The van der Waals surface area contributed by atoms with E-state index in [-0.39, 0.29) is 103 Å². The van der Waals surface area contributed by atoms with Gasteiger partial charge in [0.1, 0.15) is 33.1 Å². The maximum Gasteiger partial charge on any atom is 0.395 e. The topological polar surface area (TPSA) is 286 Å². The van der Waals surface area contributed by atoms with Crippen molar-refractivity contribution in [3.8, 4) is 0 Å². The summed E-state index contributed by atoms with van der Waals surface area (Å²) in [4.78, 5) is 104. The van der Waals surface area contributed by atoms with E-state index in [1.165, 1.54) is 11.7 Å². The van der Waals surface area contributed by atoms with E-state index in [1.54, 1.807) is 40.9 Å². The van der Waals surface area contributed by atoms with Gasteiger partial charge < -0.3 is 44.0 Å². The molecule has 5 rings (SSSR count). The normalized spacial score (nSPS) is 34.8. The Kier molecular flexibility index (Phi) is 30.6. The first-order chi connectivity index (χ1) is 40.4. The van der Waals surface area contributed by atoms with Gasteiger partial charge in [-0.2, -0.15) is 15.0 Å². The molecule has 0 aromatic rings. The number of imide groups is 1. The van der Waals surface area contributed by atoms with Crippen molar-refractivity contribution in [2.45, 2.75) is 201 Å². The Hall–Kier alpha value is -5.01. The number of hydrogen-bond acceptors (Lipinski definition) is 18. The Morgan fingerprint density at radius 1 is 0.905 bits per heavy atom. The number of hydroxylamine groups is 2. The molecule has 0 aromatic carbocycles. The van der Waals surface area contributed by atoms with Gasteiger partial charge in [0, 0.05) is 63.0 Å². The molecule has 1 aliphatic carbocycles. The van der Waals surface area contributed by atoms with Crippen LogP contribution in [-0.2, 0) is 57.2 Å². The third-order valence-corrected chi connectivity index (χ3v) is 16.6. The van der Waals surface area contributed by atoms with Gasteiger partial charge >= 0.3 is 19.6 Å². The molecule has 1 saturated carbocycles. The minimum atomic E-state index is -2.45. The molecule has 25 heteroatoms. The number of cyclic esters (lactones) is 1. The van der Waals surface area contributed by atoms with Crippen LogP contribution in [0.15, 0.2) is 47.6 Å². The number of methoxy groups -OCH3 is 1. The van der Waals surface area contributed by atoms with Crippen molar-refractivity contribution in [3.63, 3.8) is 0 Å². The number of nitrogens with zero attached hydrogens (tertiary/aromatic N) is 2. The monoisotopic (exact) mass is 1190 g/mol. The van der Waals surface area contributed by atoms with Crippen LogP contribution in [0.25, 0.3) is 0 Å². The minimum Gasteiger partial charge on any atom is -0.460 e. The number of ketones is 3. The SMILES string of the molecule is O=C1CCC(=O)N1O.[2H]N(F)[B]C.[2H]N(F)[B]NC(=O)OCCOC1CC[C@@H](C[C@@H](C)[C@@H]2CC(=O)[C@H](C)/C=C(\C)[C@@H](O)C(C)C(=O)[C@H](C)C[C@H](C)/C=C/C=C/C=C(\C)[C@@H](OC)C[C@@H]3CC[C@@H](C)[C@@](O)(O3)C(=O)C(=O)N3CCCC[C@H]3C(=O)O2)C[C@H]1C. The van der Waals surface area contributed by atoms with E-state index in [1.807, 2.05) is 63.3 Å². The quantitative estimate of drug-likeness (QED) is 0.0181. The van der Waals surface area contributed by atoms with Crippen LogP contribution in [0.4, 0.5) is 13.8 Å². The van der Waals surface area contributed by atoms with E-state index in [2.05, 4.69) is 6.92 Å². The van der Waals surface area contributed by atoms with Crippen LogP contribution >= 0.6 is 0 Å². The first kappa shape index (κ1) is 69.8. The van der Waals surface area contributed by atoms with Crippen molar-refractivity contribution in [1.82, 2.24) is 26.1 Å². The number of allylic oxidation sites excluding steroid dienone is 6.